The Labute approximate surface area is 273 Å². The molecule has 0 saturated carbocycles. The molecule has 4 aromatic heterocycles. The molecular formula is C32H33ClN8O4S. The number of piperidine rings is 1. The number of nitrogens with one attached hydrogen (secondary N) is 6. The number of thiophene rings is 1. The highest BCUT2D eigenvalue weighted by molar-refractivity contribution is 7.21. The third-order valence-corrected chi connectivity index (χ3v) is 9.44. The minimum Gasteiger partial charge on any atom is -0.355 e. The summed E-state index contributed by atoms with van der Waals surface area (Å²) in [6.07, 6.45) is 8.33. The SMILES string of the molecule is Cn1cc(NC(=O)c2cc(NC(=O)c3cc(NC(=O)c4sc5ccccc5c4Cl)c[nH]3)c[nH]2)cc1C(=O)NCCN1CCCCC1. The van der Waals surface area contributed by atoms with Crippen LogP contribution < -0.4 is 21.3 Å². The number of rotatable bonds is 10. The zero-order valence-electron chi connectivity index (χ0n) is 25.0. The number of aromatic amines is 2. The van der Waals surface area contributed by atoms with Crippen LogP contribution in [-0.2, 0) is 7.05 Å². The molecule has 238 valence electrons. The minimum atomic E-state index is -0.467. The van der Waals surface area contributed by atoms with Crippen molar-refractivity contribution >= 4 is 73.7 Å². The monoisotopic (exact) mass is 660 g/mol. The summed E-state index contributed by atoms with van der Waals surface area (Å²) in [5, 5.41) is 12.4. The number of carbonyl (C=O) groups is 4. The van der Waals surface area contributed by atoms with E-state index in [9.17, 15) is 19.2 Å². The number of aryl methyl sites for hydroxylation is 1. The second kappa shape index (κ2) is 13.6. The molecule has 1 saturated heterocycles. The van der Waals surface area contributed by atoms with Crippen LogP contribution in [0.2, 0.25) is 5.02 Å². The molecule has 12 nitrogen and oxygen atoms in total. The molecule has 0 radical (unpaired) electrons. The lowest BCUT2D eigenvalue weighted by atomic mass is 10.1. The minimum absolute atomic E-state index is 0.205. The molecule has 1 aromatic carbocycles. The van der Waals surface area contributed by atoms with Crippen LogP contribution in [0.15, 0.2) is 61.1 Å². The number of H-pyrrole nitrogens is 2. The zero-order chi connectivity index (χ0) is 32.2. The Bertz CT molecular complexity index is 1920. The van der Waals surface area contributed by atoms with Gasteiger partial charge in [-0.1, -0.05) is 36.2 Å². The van der Waals surface area contributed by atoms with Gasteiger partial charge in [0.1, 0.15) is 22.0 Å². The number of aromatic nitrogens is 3. The highest BCUT2D eigenvalue weighted by Crippen LogP contribution is 2.35. The van der Waals surface area contributed by atoms with E-state index in [1.54, 1.807) is 23.9 Å². The summed E-state index contributed by atoms with van der Waals surface area (Å²) in [6.45, 7) is 3.51. The van der Waals surface area contributed by atoms with Gasteiger partial charge >= 0.3 is 0 Å². The quantitative estimate of drug-likeness (QED) is 0.116. The highest BCUT2D eigenvalue weighted by atomic mass is 35.5. The van der Waals surface area contributed by atoms with Crippen LogP contribution in [0.25, 0.3) is 10.1 Å². The van der Waals surface area contributed by atoms with Crippen LogP contribution in [0.3, 0.4) is 0 Å². The number of fused-ring (bicyclic) bond motifs is 1. The summed E-state index contributed by atoms with van der Waals surface area (Å²) in [5.74, 6) is -1.49. The second-order valence-electron chi connectivity index (χ2n) is 11.1. The Kier molecular flexibility index (Phi) is 9.24. The average molecular weight is 661 g/mol. The van der Waals surface area contributed by atoms with Gasteiger partial charge in [-0.25, -0.2) is 0 Å². The van der Waals surface area contributed by atoms with Gasteiger partial charge in [-0.2, -0.15) is 0 Å². The Morgan fingerprint density at radius 1 is 0.826 bits per heavy atom. The van der Waals surface area contributed by atoms with Crippen molar-refractivity contribution in [1.29, 1.82) is 0 Å². The fourth-order valence-electron chi connectivity index (χ4n) is 5.40. The lowest BCUT2D eigenvalue weighted by Gasteiger charge is -2.26. The van der Waals surface area contributed by atoms with Gasteiger partial charge in [0.05, 0.1) is 22.1 Å². The van der Waals surface area contributed by atoms with E-state index < -0.39 is 11.8 Å². The third kappa shape index (κ3) is 7.01. The standard InChI is InChI=1S/C32H33ClN8O4S/c1-40-18-21(15-25(40)31(44)34-9-12-41-10-5-2-6-11-41)39-30(43)24-13-19(16-35-24)37-29(42)23-14-20(17-36-23)38-32(45)28-27(33)22-7-3-4-8-26(22)46-28/h3-4,7-8,13-18,35-36H,2,5-6,9-12H2,1H3,(H,34,44)(H,37,42)(H,38,45)(H,39,43). The van der Waals surface area contributed by atoms with Gasteiger partial charge < -0.3 is 40.7 Å². The van der Waals surface area contributed by atoms with E-state index in [0.717, 1.165) is 29.7 Å². The number of benzene rings is 1. The molecular weight excluding hydrogens is 628 g/mol. The van der Waals surface area contributed by atoms with Gasteiger partial charge in [0.25, 0.3) is 23.6 Å². The Morgan fingerprint density at radius 3 is 2.13 bits per heavy atom. The molecule has 6 rings (SSSR count). The van der Waals surface area contributed by atoms with Crippen LogP contribution in [0.1, 0.15) is 60.4 Å². The first-order valence-corrected chi connectivity index (χ1v) is 16.1. The molecule has 1 fully saturated rings. The van der Waals surface area contributed by atoms with E-state index in [-0.39, 0.29) is 23.2 Å². The molecule has 5 aromatic rings. The molecule has 0 spiro atoms. The Morgan fingerprint density at radius 2 is 1.46 bits per heavy atom. The molecule has 0 bridgehead atoms. The van der Waals surface area contributed by atoms with Gasteiger partial charge in [0.15, 0.2) is 0 Å². The smallest absolute Gasteiger partial charge is 0.272 e. The predicted octanol–water partition coefficient (Wildman–Crippen LogP) is 5.52. The molecule has 1 aliphatic rings. The Hall–Kier alpha value is -4.85. The molecule has 0 unspecified atom stereocenters. The summed E-state index contributed by atoms with van der Waals surface area (Å²) in [6, 6.07) is 12.1. The van der Waals surface area contributed by atoms with Crippen molar-refractivity contribution < 1.29 is 19.2 Å². The number of amides is 4. The second-order valence-corrected chi connectivity index (χ2v) is 12.5. The van der Waals surface area contributed by atoms with Crippen molar-refractivity contribution in [3.63, 3.8) is 0 Å². The van der Waals surface area contributed by atoms with Crippen LogP contribution >= 0.6 is 22.9 Å². The predicted molar refractivity (Wildman–Crippen MR) is 180 cm³/mol. The maximum absolute atomic E-state index is 12.9. The lowest BCUT2D eigenvalue weighted by Crippen LogP contribution is -2.38. The number of hydrogen-bond donors (Lipinski definition) is 6. The number of hydrogen-bond acceptors (Lipinski definition) is 6. The van der Waals surface area contributed by atoms with E-state index in [1.165, 1.54) is 55.1 Å². The first-order valence-electron chi connectivity index (χ1n) is 14.9. The Balaban J connectivity index is 1.01. The first kappa shape index (κ1) is 31.1. The molecule has 14 heteroatoms. The van der Waals surface area contributed by atoms with Crippen molar-refractivity contribution in [1.82, 2.24) is 24.8 Å². The summed E-state index contributed by atoms with van der Waals surface area (Å²) in [4.78, 5) is 59.8. The van der Waals surface area contributed by atoms with Crippen LogP contribution in [-0.4, -0.2) is 69.2 Å². The maximum atomic E-state index is 12.9. The number of nitrogens with zero attached hydrogens (tertiary/aromatic N) is 2. The molecule has 5 heterocycles. The van der Waals surface area contributed by atoms with Gasteiger partial charge in [-0.3, -0.25) is 19.2 Å². The van der Waals surface area contributed by atoms with E-state index in [4.69, 9.17) is 11.6 Å². The van der Waals surface area contributed by atoms with Crippen LogP contribution in [0.4, 0.5) is 17.1 Å². The molecule has 6 N–H and O–H groups in total. The van der Waals surface area contributed by atoms with Gasteiger partial charge in [-0.15, -0.1) is 11.3 Å². The fraction of sp³-hybridized carbons (Fsp3) is 0.250. The largest absolute Gasteiger partial charge is 0.355 e. The van der Waals surface area contributed by atoms with Crippen molar-refractivity contribution in [3.8, 4) is 0 Å². The maximum Gasteiger partial charge on any atom is 0.272 e. The summed E-state index contributed by atoms with van der Waals surface area (Å²) >= 11 is 7.71. The van der Waals surface area contributed by atoms with E-state index >= 15 is 0 Å². The molecule has 0 aliphatic carbocycles. The topological polar surface area (TPSA) is 156 Å². The summed E-state index contributed by atoms with van der Waals surface area (Å²) in [7, 11) is 1.74. The van der Waals surface area contributed by atoms with Crippen molar-refractivity contribution in [3.05, 3.63) is 88.0 Å². The van der Waals surface area contributed by atoms with Crippen molar-refractivity contribution in [2.45, 2.75) is 19.3 Å². The number of carbonyl (C=O) groups excluding carboxylic acids is 4. The van der Waals surface area contributed by atoms with Gasteiger partial charge in [0.2, 0.25) is 0 Å². The van der Waals surface area contributed by atoms with Crippen LogP contribution in [0.5, 0.6) is 0 Å². The van der Waals surface area contributed by atoms with Crippen molar-refractivity contribution in [2.24, 2.45) is 7.05 Å². The molecule has 4 amide bonds. The zero-order valence-corrected chi connectivity index (χ0v) is 26.6. The fourth-order valence-corrected chi connectivity index (χ4v) is 6.81. The highest BCUT2D eigenvalue weighted by Gasteiger charge is 2.20. The molecule has 46 heavy (non-hydrogen) atoms. The average Bonchev–Trinajstić information content (AvgIpc) is 3.85. The number of anilines is 3. The van der Waals surface area contributed by atoms with Crippen molar-refractivity contribution in [2.75, 3.05) is 42.1 Å². The van der Waals surface area contributed by atoms with E-state index in [0.29, 0.717) is 39.2 Å². The van der Waals surface area contributed by atoms with Crippen LogP contribution in [0, 0.1) is 0 Å². The first-order chi connectivity index (χ1) is 22.2. The third-order valence-electron chi connectivity index (χ3n) is 7.77. The van der Waals surface area contributed by atoms with Gasteiger partial charge in [0, 0.05) is 48.8 Å². The normalized spacial score (nSPS) is 13.4. The number of halogens is 1. The summed E-state index contributed by atoms with van der Waals surface area (Å²) in [5.41, 5.74) is 2.08. The summed E-state index contributed by atoms with van der Waals surface area (Å²) < 4.78 is 2.57. The van der Waals surface area contributed by atoms with E-state index in [1.807, 2.05) is 24.3 Å². The van der Waals surface area contributed by atoms with Gasteiger partial charge in [-0.05, 0) is 50.2 Å². The van der Waals surface area contributed by atoms with E-state index in [2.05, 4.69) is 36.1 Å². The lowest BCUT2D eigenvalue weighted by molar-refractivity contribution is 0.0936. The molecule has 0 atom stereocenters. The number of likely N-dealkylation sites (tertiary alicyclic amines) is 1. The molecule has 1 aliphatic heterocycles.